The number of ether oxygens (including phenoxy) is 1. The molecular formula is C9H11NO3. The second-order valence-electron chi connectivity index (χ2n) is 2.54. The maximum atomic E-state index is 11.2. The van der Waals surface area contributed by atoms with Crippen molar-refractivity contribution < 1.29 is 14.4 Å². The fourth-order valence-electron chi connectivity index (χ4n) is 1.07. The highest BCUT2D eigenvalue weighted by molar-refractivity contribution is 5.91. The van der Waals surface area contributed by atoms with Crippen molar-refractivity contribution in [1.29, 1.82) is 0 Å². The number of carbonyl (C=O) groups excluding carboxylic acids is 1. The van der Waals surface area contributed by atoms with Gasteiger partial charge in [0, 0.05) is 5.56 Å². The number of nitrogens with two attached hydrogens (primary N) is 1. The number of rotatable bonds is 2. The third-order valence-electron chi connectivity index (χ3n) is 1.82. The van der Waals surface area contributed by atoms with Crippen molar-refractivity contribution in [1.82, 2.24) is 0 Å². The summed E-state index contributed by atoms with van der Waals surface area (Å²) in [6.07, 6.45) is 0. The molecule has 0 aromatic heterocycles. The maximum Gasteiger partial charge on any atom is 0.338 e. The first-order valence-electron chi connectivity index (χ1n) is 3.75. The predicted molar refractivity (Wildman–Crippen MR) is 47.3 cm³/mol. The molecule has 0 unspecified atom stereocenters. The molecule has 13 heavy (non-hydrogen) atoms. The molecule has 0 atom stereocenters. The zero-order valence-corrected chi connectivity index (χ0v) is 7.53. The fraction of sp³-hybridized carbons (Fsp3) is 0.222. The van der Waals surface area contributed by atoms with Crippen molar-refractivity contribution in [2.24, 2.45) is 5.90 Å². The van der Waals surface area contributed by atoms with Crippen LogP contribution in [0.15, 0.2) is 18.2 Å². The normalized spacial score (nSPS) is 9.46. The highest BCUT2D eigenvalue weighted by Crippen LogP contribution is 2.20. The van der Waals surface area contributed by atoms with Gasteiger partial charge in [0.1, 0.15) is 0 Å². The Bertz CT molecular complexity index is 323. The molecule has 0 amide bonds. The van der Waals surface area contributed by atoms with Gasteiger partial charge in [-0.15, -0.1) is 0 Å². The summed E-state index contributed by atoms with van der Waals surface area (Å²) >= 11 is 0. The van der Waals surface area contributed by atoms with Crippen LogP contribution in [0.2, 0.25) is 0 Å². The monoisotopic (exact) mass is 181 g/mol. The summed E-state index contributed by atoms with van der Waals surface area (Å²) in [5.74, 6) is 5.09. The zero-order chi connectivity index (χ0) is 9.84. The highest BCUT2D eigenvalue weighted by Gasteiger charge is 2.11. The Morgan fingerprint density at radius 1 is 1.46 bits per heavy atom. The molecule has 1 rings (SSSR count). The Kier molecular flexibility index (Phi) is 2.87. The summed E-state index contributed by atoms with van der Waals surface area (Å²) < 4.78 is 4.58. The van der Waals surface area contributed by atoms with Crippen molar-refractivity contribution >= 4 is 5.97 Å². The van der Waals surface area contributed by atoms with Crippen molar-refractivity contribution in [3.05, 3.63) is 29.3 Å². The van der Waals surface area contributed by atoms with Gasteiger partial charge in [-0.2, -0.15) is 5.90 Å². The summed E-state index contributed by atoms with van der Waals surface area (Å²) in [5.41, 5.74) is 1.14. The van der Waals surface area contributed by atoms with Gasteiger partial charge in [0.15, 0.2) is 5.75 Å². The average Bonchev–Trinajstić information content (AvgIpc) is 2.17. The van der Waals surface area contributed by atoms with E-state index in [9.17, 15) is 4.79 Å². The van der Waals surface area contributed by atoms with Gasteiger partial charge in [0.05, 0.1) is 12.7 Å². The molecule has 0 saturated carbocycles. The molecule has 1 aromatic carbocycles. The summed E-state index contributed by atoms with van der Waals surface area (Å²) in [5, 5.41) is 0. The molecule has 4 nitrogen and oxygen atoms in total. The van der Waals surface area contributed by atoms with E-state index in [1.54, 1.807) is 25.1 Å². The van der Waals surface area contributed by atoms with Gasteiger partial charge in [0.25, 0.3) is 0 Å². The molecule has 0 spiro atoms. The van der Waals surface area contributed by atoms with Gasteiger partial charge in [-0.05, 0) is 19.1 Å². The molecule has 0 aliphatic carbocycles. The van der Waals surface area contributed by atoms with E-state index in [0.29, 0.717) is 16.9 Å². The molecular weight excluding hydrogens is 170 g/mol. The number of methoxy groups -OCH3 is 1. The quantitative estimate of drug-likeness (QED) is 0.547. The van der Waals surface area contributed by atoms with Crippen LogP contribution in [0, 0.1) is 6.92 Å². The Morgan fingerprint density at radius 2 is 2.15 bits per heavy atom. The molecule has 0 aliphatic rings. The molecule has 2 N–H and O–H groups in total. The van der Waals surface area contributed by atoms with Crippen LogP contribution in [-0.2, 0) is 4.74 Å². The van der Waals surface area contributed by atoms with Crippen LogP contribution in [0.25, 0.3) is 0 Å². The van der Waals surface area contributed by atoms with Crippen LogP contribution in [0.4, 0.5) is 0 Å². The Labute approximate surface area is 76.2 Å². The largest absolute Gasteiger partial charge is 0.465 e. The Balaban J connectivity index is 3.15. The van der Waals surface area contributed by atoms with E-state index in [2.05, 4.69) is 9.57 Å². The topological polar surface area (TPSA) is 61.5 Å². The number of carbonyl (C=O) groups is 1. The maximum absolute atomic E-state index is 11.2. The molecule has 0 heterocycles. The lowest BCUT2D eigenvalue weighted by atomic mass is 10.1. The Hall–Kier alpha value is -1.55. The van der Waals surface area contributed by atoms with E-state index in [4.69, 9.17) is 5.90 Å². The summed E-state index contributed by atoms with van der Waals surface area (Å²) in [6, 6.07) is 5.02. The smallest absolute Gasteiger partial charge is 0.338 e. The Morgan fingerprint density at radius 3 is 2.69 bits per heavy atom. The minimum atomic E-state index is -0.392. The van der Waals surface area contributed by atoms with E-state index < -0.39 is 5.97 Å². The second-order valence-corrected chi connectivity index (χ2v) is 2.54. The van der Waals surface area contributed by atoms with Crippen LogP contribution in [0.1, 0.15) is 15.9 Å². The molecule has 70 valence electrons. The molecule has 1 aromatic rings. The lowest BCUT2D eigenvalue weighted by molar-refractivity contribution is 0.0599. The third kappa shape index (κ3) is 1.78. The molecule has 0 saturated heterocycles. The number of benzene rings is 1. The first-order valence-corrected chi connectivity index (χ1v) is 3.75. The minimum Gasteiger partial charge on any atom is -0.465 e. The molecule has 4 heteroatoms. The van der Waals surface area contributed by atoms with Crippen molar-refractivity contribution in [3.63, 3.8) is 0 Å². The fourth-order valence-corrected chi connectivity index (χ4v) is 1.07. The second kappa shape index (κ2) is 3.91. The lowest BCUT2D eigenvalue weighted by Gasteiger charge is -2.06. The third-order valence-corrected chi connectivity index (χ3v) is 1.82. The molecule has 0 fully saturated rings. The number of esters is 1. The zero-order valence-electron chi connectivity index (χ0n) is 7.53. The summed E-state index contributed by atoms with van der Waals surface area (Å²) in [6.45, 7) is 1.74. The number of hydrogen-bond donors (Lipinski definition) is 1. The van der Waals surface area contributed by atoms with E-state index in [1.807, 2.05) is 0 Å². The van der Waals surface area contributed by atoms with Crippen molar-refractivity contribution in [2.75, 3.05) is 7.11 Å². The molecule has 0 radical (unpaired) electrons. The van der Waals surface area contributed by atoms with E-state index in [0.717, 1.165) is 0 Å². The van der Waals surface area contributed by atoms with Crippen LogP contribution < -0.4 is 10.7 Å². The minimum absolute atomic E-state index is 0.392. The van der Waals surface area contributed by atoms with Gasteiger partial charge in [0.2, 0.25) is 0 Å². The average molecular weight is 181 g/mol. The first kappa shape index (κ1) is 9.54. The van der Waals surface area contributed by atoms with Crippen LogP contribution >= 0.6 is 0 Å². The summed E-state index contributed by atoms with van der Waals surface area (Å²) in [4.78, 5) is 15.8. The highest BCUT2D eigenvalue weighted by atomic mass is 16.6. The lowest BCUT2D eigenvalue weighted by Crippen LogP contribution is -2.08. The SMILES string of the molecule is COC(=O)c1cccc(ON)c1C. The predicted octanol–water partition coefficient (Wildman–Crippen LogP) is 1.03. The van der Waals surface area contributed by atoms with Gasteiger partial charge in [-0.25, -0.2) is 4.79 Å². The van der Waals surface area contributed by atoms with Gasteiger partial charge in [-0.3, -0.25) is 0 Å². The van der Waals surface area contributed by atoms with Gasteiger partial charge >= 0.3 is 5.97 Å². The van der Waals surface area contributed by atoms with Crippen LogP contribution in [0.3, 0.4) is 0 Å². The molecule has 0 bridgehead atoms. The molecule has 0 aliphatic heterocycles. The number of hydrogen-bond acceptors (Lipinski definition) is 4. The van der Waals surface area contributed by atoms with E-state index >= 15 is 0 Å². The van der Waals surface area contributed by atoms with Crippen LogP contribution in [0.5, 0.6) is 5.75 Å². The van der Waals surface area contributed by atoms with E-state index in [-0.39, 0.29) is 0 Å². The van der Waals surface area contributed by atoms with Crippen molar-refractivity contribution in [2.45, 2.75) is 6.92 Å². The van der Waals surface area contributed by atoms with Gasteiger partial charge < -0.3 is 9.57 Å². The standard InChI is InChI=1S/C9H11NO3/c1-6-7(9(11)12-2)4-3-5-8(6)13-10/h3-5H,10H2,1-2H3. The van der Waals surface area contributed by atoms with Crippen molar-refractivity contribution in [3.8, 4) is 5.75 Å². The van der Waals surface area contributed by atoms with E-state index in [1.165, 1.54) is 7.11 Å². The van der Waals surface area contributed by atoms with Crippen LogP contribution in [-0.4, -0.2) is 13.1 Å². The summed E-state index contributed by atoms with van der Waals surface area (Å²) in [7, 11) is 1.33. The van der Waals surface area contributed by atoms with Gasteiger partial charge in [-0.1, -0.05) is 6.07 Å². The first-order chi connectivity index (χ1) is 6.20.